The van der Waals surface area contributed by atoms with Crippen LogP contribution in [0, 0.1) is 13.8 Å². The molecular weight excluding hydrogens is 400 g/mol. The lowest BCUT2D eigenvalue weighted by Gasteiger charge is -2.19. The van der Waals surface area contributed by atoms with Gasteiger partial charge in [-0.2, -0.15) is 0 Å². The van der Waals surface area contributed by atoms with Crippen molar-refractivity contribution in [1.82, 2.24) is 0 Å². The van der Waals surface area contributed by atoms with Crippen LogP contribution in [0.15, 0.2) is 54.8 Å². The summed E-state index contributed by atoms with van der Waals surface area (Å²) in [5, 5.41) is 12.0. The Kier molecular flexibility index (Phi) is 4.37. The minimum absolute atomic E-state index is 0.0883. The smallest absolute Gasteiger partial charge is 0.344 e. The summed E-state index contributed by atoms with van der Waals surface area (Å²) in [6.45, 7) is 5.83. The van der Waals surface area contributed by atoms with Crippen molar-refractivity contribution in [1.29, 1.82) is 0 Å². The third-order valence-corrected chi connectivity index (χ3v) is 5.57. The number of hydrogen-bond acceptors (Lipinski definition) is 7. The first kappa shape index (κ1) is 19.4. The number of aryl methyl sites for hydroxylation is 2. The Labute approximate surface area is 176 Å². The first-order valence-corrected chi connectivity index (χ1v) is 10.0. The van der Waals surface area contributed by atoms with Crippen LogP contribution in [0.1, 0.15) is 35.1 Å². The zero-order valence-corrected chi connectivity index (χ0v) is 17.2. The van der Waals surface area contributed by atoms with Gasteiger partial charge >= 0.3 is 11.3 Å². The molecule has 0 spiro atoms. The lowest BCUT2D eigenvalue weighted by Crippen LogP contribution is -2.29. The zero-order chi connectivity index (χ0) is 21.9. The molecule has 4 aromatic rings. The third kappa shape index (κ3) is 2.92. The number of benzene rings is 2. The molecule has 158 valence electrons. The topological polar surface area (TPSA) is 99.1 Å². The number of ether oxygens (including phenoxy) is 2. The first-order valence-electron chi connectivity index (χ1n) is 10.0. The quantitative estimate of drug-likeness (QED) is 0.498. The van der Waals surface area contributed by atoms with Gasteiger partial charge in [-0.05, 0) is 45.0 Å². The molecule has 0 amide bonds. The summed E-state index contributed by atoms with van der Waals surface area (Å²) >= 11 is 0. The van der Waals surface area contributed by atoms with Crippen molar-refractivity contribution >= 4 is 21.9 Å². The van der Waals surface area contributed by atoms with Crippen LogP contribution in [0.2, 0.25) is 0 Å². The molecule has 1 aliphatic rings. The van der Waals surface area contributed by atoms with Crippen LogP contribution in [0.5, 0.6) is 11.5 Å². The molecule has 2 aromatic heterocycles. The average molecular weight is 420 g/mol. The molecule has 3 heterocycles. The first-order chi connectivity index (χ1) is 14.9. The van der Waals surface area contributed by atoms with Crippen LogP contribution in [0.25, 0.3) is 21.9 Å². The highest BCUT2D eigenvalue weighted by atomic mass is 16.7. The van der Waals surface area contributed by atoms with E-state index in [2.05, 4.69) is 0 Å². The van der Waals surface area contributed by atoms with Gasteiger partial charge in [0.1, 0.15) is 22.7 Å². The fourth-order valence-electron chi connectivity index (χ4n) is 4.18. The molecule has 0 radical (unpaired) electrons. The molecule has 0 fully saturated rings. The van der Waals surface area contributed by atoms with Crippen molar-refractivity contribution < 1.29 is 23.4 Å². The van der Waals surface area contributed by atoms with E-state index in [0.717, 1.165) is 11.1 Å². The Balaban J connectivity index is 1.84. The maximum absolute atomic E-state index is 13.0. The van der Waals surface area contributed by atoms with Gasteiger partial charge in [0.25, 0.3) is 0 Å². The third-order valence-electron chi connectivity index (χ3n) is 5.57. The Morgan fingerprint density at radius 2 is 1.48 bits per heavy atom. The summed E-state index contributed by atoms with van der Waals surface area (Å²) in [6.07, 6.45) is -0.995. The van der Waals surface area contributed by atoms with E-state index in [0.29, 0.717) is 22.1 Å². The van der Waals surface area contributed by atoms with E-state index >= 15 is 0 Å². The van der Waals surface area contributed by atoms with Gasteiger partial charge in [0.05, 0.1) is 27.8 Å². The van der Waals surface area contributed by atoms with Gasteiger partial charge in [-0.3, -0.25) is 0 Å². The van der Waals surface area contributed by atoms with Gasteiger partial charge in [-0.1, -0.05) is 23.3 Å². The average Bonchev–Trinajstić information content (AvgIpc) is 3.10. The monoisotopic (exact) mass is 420 g/mol. The van der Waals surface area contributed by atoms with Crippen LogP contribution in [0.4, 0.5) is 0 Å². The van der Waals surface area contributed by atoms with E-state index in [9.17, 15) is 14.7 Å². The van der Waals surface area contributed by atoms with Crippen molar-refractivity contribution in [3.63, 3.8) is 0 Å². The SMILES string of the molecule is CCOC1Oc2c(c(=O)oc3ccc(C)cc23)C1c1c(O)c2cc(C)ccc2oc1=O. The van der Waals surface area contributed by atoms with Gasteiger partial charge in [0, 0.05) is 6.61 Å². The predicted octanol–water partition coefficient (Wildman–Crippen LogP) is 4.11. The Bertz CT molecular complexity index is 1460. The zero-order valence-electron chi connectivity index (χ0n) is 17.2. The molecule has 7 heteroatoms. The normalized spacial score (nSPS) is 17.8. The Hall–Kier alpha value is -3.58. The molecule has 2 atom stereocenters. The van der Waals surface area contributed by atoms with Crippen molar-refractivity contribution in [3.8, 4) is 11.5 Å². The fourth-order valence-corrected chi connectivity index (χ4v) is 4.18. The number of aromatic hydroxyl groups is 1. The van der Waals surface area contributed by atoms with Gasteiger partial charge < -0.3 is 23.4 Å². The second kappa shape index (κ2) is 6.99. The van der Waals surface area contributed by atoms with Crippen LogP contribution in [-0.2, 0) is 4.74 Å². The van der Waals surface area contributed by atoms with E-state index in [1.165, 1.54) is 0 Å². The molecule has 0 saturated carbocycles. The van der Waals surface area contributed by atoms with Gasteiger partial charge in [-0.25, -0.2) is 9.59 Å². The molecule has 0 saturated heterocycles. The van der Waals surface area contributed by atoms with Crippen molar-refractivity contribution in [3.05, 3.63) is 79.5 Å². The van der Waals surface area contributed by atoms with Crippen molar-refractivity contribution in [2.45, 2.75) is 33.0 Å². The second-order valence-corrected chi connectivity index (χ2v) is 7.70. The predicted molar refractivity (Wildman–Crippen MR) is 114 cm³/mol. The Morgan fingerprint density at radius 3 is 2.13 bits per heavy atom. The molecule has 1 aliphatic heterocycles. The summed E-state index contributed by atoms with van der Waals surface area (Å²) < 4.78 is 22.8. The van der Waals surface area contributed by atoms with E-state index < -0.39 is 23.5 Å². The number of rotatable bonds is 3. The number of hydrogen-bond donors (Lipinski definition) is 1. The van der Waals surface area contributed by atoms with E-state index in [4.69, 9.17) is 18.3 Å². The Morgan fingerprint density at radius 1 is 0.903 bits per heavy atom. The fraction of sp³-hybridized carbons (Fsp3) is 0.250. The van der Waals surface area contributed by atoms with Crippen LogP contribution in [-0.4, -0.2) is 18.0 Å². The summed E-state index contributed by atoms with van der Waals surface area (Å²) in [7, 11) is 0. The van der Waals surface area contributed by atoms with Crippen LogP contribution >= 0.6 is 0 Å². The molecule has 7 nitrogen and oxygen atoms in total. The molecule has 0 bridgehead atoms. The summed E-state index contributed by atoms with van der Waals surface area (Å²) in [5.41, 5.74) is 1.09. The molecule has 1 N–H and O–H groups in total. The molecule has 31 heavy (non-hydrogen) atoms. The van der Waals surface area contributed by atoms with Crippen LogP contribution < -0.4 is 16.0 Å². The van der Waals surface area contributed by atoms with Gasteiger partial charge in [0.15, 0.2) is 0 Å². The minimum atomic E-state index is -1.00. The summed E-state index contributed by atoms with van der Waals surface area (Å²) in [6, 6.07) is 10.5. The van der Waals surface area contributed by atoms with E-state index in [1.807, 2.05) is 26.0 Å². The molecular formula is C24H20O7. The van der Waals surface area contributed by atoms with Gasteiger partial charge in [-0.15, -0.1) is 0 Å². The summed E-state index contributed by atoms with van der Waals surface area (Å²) in [5.74, 6) is -0.969. The molecule has 0 aliphatic carbocycles. The van der Waals surface area contributed by atoms with Gasteiger partial charge in [0.2, 0.25) is 6.29 Å². The van der Waals surface area contributed by atoms with E-state index in [1.54, 1.807) is 31.2 Å². The highest BCUT2D eigenvalue weighted by molar-refractivity contribution is 5.88. The summed E-state index contributed by atoms with van der Waals surface area (Å²) in [4.78, 5) is 25.9. The van der Waals surface area contributed by atoms with E-state index in [-0.39, 0.29) is 29.1 Å². The van der Waals surface area contributed by atoms with Crippen molar-refractivity contribution in [2.75, 3.05) is 6.61 Å². The minimum Gasteiger partial charge on any atom is -0.507 e. The highest BCUT2D eigenvalue weighted by Crippen LogP contribution is 2.46. The molecule has 2 aromatic carbocycles. The lowest BCUT2D eigenvalue weighted by atomic mass is 9.91. The maximum atomic E-state index is 13.0. The second-order valence-electron chi connectivity index (χ2n) is 7.70. The van der Waals surface area contributed by atoms with Crippen molar-refractivity contribution in [2.24, 2.45) is 0 Å². The maximum Gasteiger partial charge on any atom is 0.344 e. The highest BCUT2D eigenvalue weighted by Gasteiger charge is 2.44. The largest absolute Gasteiger partial charge is 0.507 e. The lowest BCUT2D eigenvalue weighted by molar-refractivity contribution is -0.0698. The number of fused-ring (bicyclic) bond motifs is 4. The molecule has 5 rings (SSSR count). The standard InChI is InChI=1S/C24H20O7/c1-4-28-24-17(18-20(25)13-9-11(2)5-7-15(13)29-22(18)26)19-21(31-24)14-10-12(3)6-8-16(14)30-23(19)27/h5-10,17,24-25H,4H2,1-3H3. The van der Waals surface area contributed by atoms with Crippen LogP contribution in [0.3, 0.4) is 0 Å². The molecule has 2 unspecified atom stereocenters.